The van der Waals surface area contributed by atoms with Crippen molar-refractivity contribution in [2.24, 2.45) is 5.41 Å². The van der Waals surface area contributed by atoms with E-state index in [2.05, 4.69) is 38.2 Å². The molecule has 1 aromatic carbocycles. The maximum absolute atomic E-state index is 12.5. The van der Waals surface area contributed by atoms with Crippen molar-refractivity contribution in [2.45, 2.75) is 52.0 Å². The molecule has 0 bridgehead atoms. The molecule has 0 aliphatic carbocycles. The number of piperidine rings is 1. The third-order valence-corrected chi connectivity index (χ3v) is 5.62. The maximum atomic E-state index is 12.5. The zero-order chi connectivity index (χ0) is 16.9. The van der Waals surface area contributed by atoms with E-state index in [0.29, 0.717) is 0 Å². The number of aliphatic hydroxyl groups excluding tert-OH is 1. The Bertz CT molecular complexity index is 489. The van der Waals surface area contributed by atoms with Gasteiger partial charge < -0.3 is 15.3 Å². The van der Waals surface area contributed by atoms with Crippen LogP contribution in [0.25, 0.3) is 0 Å². The van der Waals surface area contributed by atoms with Gasteiger partial charge in [-0.25, -0.2) is 4.79 Å². The molecule has 2 amide bonds. The van der Waals surface area contributed by atoms with Crippen LogP contribution >= 0.6 is 0 Å². The first-order valence-corrected chi connectivity index (χ1v) is 8.72. The molecule has 2 N–H and O–H groups in total. The van der Waals surface area contributed by atoms with Gasteiger partial charge in [0, 0.05) is 31.7 Å². The molecule has 2 rings (SSSR count). The summed E-state index contributed by atoms with van der Waals surface area (Å²) in [4.78, 5) is 14.4. The predicted octanol–water partition coefficient (Wildman–Crippen LogP) is 3.37. The van der Waals surface area contributed by atoms with E-state index in [4.69, 9.17) is 0 Å². The van der Waals surface area contributed by atoms with Crippen LogP contribution in [-0.4, -0.2) is 41.8 Å². The van der Waals surface area contributed by atoms with Gasteiger partial charge in [-0.2, -0.15) is 0 Å². The molecule has 4 heteroatoms. The van der Waals surface area contributed by atoms with Crippen LogP contribution in [0.1, 0.15) is 51.5 Å². The van der Waals surface area contributed by atoms with Gasteiger partial charge in [0.05, 0.1) is 0 Å². The highest BCUT2D eigenvalue weighted by molar-refractivity contribution is 5.74. The Morgan fingerprint density at radius 1 is 1.26 bits per heavy atom. The van der Waals surface area contributed by atoms with Gasteiger partial charge in [-0.15, -0.1) is 0 Å². The van der Waals surface area contributed by atoms with Crippen molar-refractivity contribution >= 4 is 6.03 Å². The van der Waals surface area contributed by atoms with Crippen LogP contribution in [0.5, 0.6) is 0 Å². The molecule has 1 saturated heterocycles. The SMILES string of the molecule is CCC1(CO)CCN(C(=O)NC(C)C(C)c2ccccc2)CC1. The minimum Gasteiger partial charge on any atom is -0.396 e. The van der Waals surface area contributed by atoms with Crippen molar-refractivity contribution in [3.63, 3.8) is 0 Å². The second-order valence-corrected chi connectivity index (χ2v) is 6.94. The Morgan fingerprint density at radius 2 is 1.87 bits per heavy atom. The number of nitrogens with one attached hydrogen (secondary N) is 1. The molecule has 1 aliphatic rings. The fraction of sp³-hybridized carbons (Fsp3) is 0.632. The molecular weight excluding hydrogens is 288 g/mol. The van der Waals surface area contributed by atoms with Crippen molar-refractivity contribution in [1.82, 2.24) is 10.2 Å². The normalized spacial score (nSPS) is 19.9. The molecule has 23 heavy (non-hydrogen) atoms. The van der Waals surface area contributed by atoms with Crippen molar-refractivity contribution < 1.29 is 9.90 Å². The largest absolute Gasteiger partial charge is 0.396 e. The van der Waals surface area contributed by atoms with Gasteiger partial charge in [0.15, 0.2) is 0 Å². The molecule has 4 nitrogen and oxygen atoms in total. The maximum Gasteiger partial charge on any atom is 0.317 e. The van der Waals surface area contributed by atoms with E-state index in [1.54, 1.807) is 0 Å². The molecule has 0 aromatic heterocycles. The van der Waals surface area contributed by atoms with E-state index in [1.165, 1.54) is 5.56 Å². The zero-order valence-corrected chi connectivity index (χ0v) is 14.6. The van der Waals surface area contributed by atoms with Crippen LogP contribution in [0.2, 0.25) is 0 Å². The minimum atomic E-state index is 0.0136. The first kappa shape index (κ1) is 17.8. The van der Waals surface area contributed by atoms with E-state index in [-0.39, 0.29) is 30.0 Å². The van der Waals surface area contributed by atoms with Crippen LogP contribution < -0.4 is 5.32 Å². The summed E-state index contributed by atoms with van der Waals surface area (Å²) < 4.78 is 0. The van der Waals surface area contributed by atoms with Gasteiger partial charge in [-0.05, 0) is 37.2 Å². The van der Waals surface area contributed by atoms with Crippen molar-refractivity contribution in [3.05, 3.63) is 35.9 Å². The second kappa shape index (κ2) is 7.82. The number of amides is 2. The Balaban J connectivity index is 1.87. The summed E-state index contributed by atoms with van der Waals surface area (Å²) >= 11 is 0. The molecule has 0 spiro atoms. The lowest BCUT2D eigenvalue weighted by atomic mass is 9.77. The van der Waals surface area contributed by atoms with Gasteiger partial charge in [-0.1, -0.05) is 44.2 Å². The average Bonchev–Trinajstić information content (AvgIpc) is 2.61. The van der Waals surface area contributed by atoms with Crippen molar-refractivity contribution in [2.75, 3.05) is 19.7 Å². The first-order valence-electron chi connectivity index (χ1n) is 8.72. The molecule has 1 aromatic rings. The molecule has 1 fully saturated rings. The first-order chi connectivity index (χ1) is 11.0. The molecule has 1 heterocycles. The highest BCUT2D eigenvalue weighted by Crippen LogP contribution is 2.34. The lowest BCUT2D eigenvalue weighted by Gasteiger charge is -2.40. The number of nitrogens with zero attached hydrogens (tertiary/aromatic N) is 1. The van der Waals surface area contributed by atoms with Crippen LogP contribution in [0.15, 0.2) is 30.3 Å². The average molecular weight is 318 g/mol. The predicted molar refractivity (Wildman–Crippen MR) is 93.5 cm³/mol. The smallest absolute Gasteiger partial charge is 0.317 e. The van der Waals surface area contributed by atoms with E-state index >= 15 is 0 Å². The van der Waals surface area contributed by atoms with E-state index in [9.17, 15) is 9.90 Å². The number of urea groups is 1. The number of hydrogen-bond donors (Lipinski definition) is 2. The quantitative estimate of drug-likeness (QED) is 0.874. The van der Waals surface area contributed by atoms with Gasteiger partial charge in [-0.3, -0.25) is 0 Å². The zero-order valence-electron chi connectivity index (χ0n) is 14.6. The fourth-order valence-electron chi connectivity index (χ4n) is 3.26. The number of likely N-dealkylation sites (tertiary alicyclic amines) is 1. The lowest BCUT2D eigenvalue weighted by molar-refractivity contribution is 0.0514. The van der Waals surface area contributed by atoms with E-state index in [1.807, 2.05) is 23.1 Å². The van der Waals surface area contributed by atoms with Gasteiger partial charge in [0.1, 0.15) is 0 Å². The molecule has 0 saturated carbocycles. The summed E-state index contributed by atoms with van der Waals surface area (Å²) in [5.41, 5.74) is 1.25. The second-order valence-electron chi connectivity index (χ2n) is 6.94. The molecule has 128 valence electrons. The van der Waals surface area contributed by atoms with E-state index in [0.717, 1.165) is 32.4 Å². The Hall–Kier alpha value is -1.55. The number of benzene rings is 1. The number of rotatable bonds is 5. The highest BCUT2D eigenvalue weighted by atomic mass is 16.3. The Morgan fingerprint density at radius 3 is 2.39 bits per heavy atom. The van der Waals surface area contributed by atoms with Crippen molar-refractivity contribution in [1.29, 1.82) is 0 Å². The molecule has 1 aliphatic heterocycles. The minimum absolute atomic E-state index is 0.0136. The fourth-order valence-corrected chi connectivity index (χ4v) is 3.26. The summed E-state index contributed by atoms with van der Waals surface area (Å²) in [6.07, 6.45) is 2.74. The monoisotopic (exact) mass is 318 g/mol. The van der Waals surface area contributed by atoms with Crippen molar-refractivity contribution in [3.8, 4) is 0 Å². The number of carbonyl (C=O) groups excluding carboxylic acids is 1. The summed E-state index contributed by atoms with van der Waals surface area (Å²) in [6.45, 7) is 8.00. The third kappa shape index (κ3) is 4.25. The van der Waals surface area contributed by atoms with Crippen LogP contribution in [0.3, 0.4) is 0 Å². The third-order valence-electron chi connectivity index (χ3n) is 5.62. The number of aliphatic hydroxyl groups is 1. The topological polar surface area (TPSA) is 52.6 Å². The highest BCUT2D eigenvalue weighted by Gasteiger charge is 2.34. The van der Waals surface area contributed by atoms with Gasteiger partial charge in [0.25, 0.3) is 0 Å². The van der Waals surface area contributed by atoms with Gasteiger partial charge in [0.2, 0.25) is 0 Å². The molecule has 0 radical (unpaired) electrons. The van der Waals surface area contributed by atoms with Crippen LogP contribution in [0, 0.1) is 5.41 Å². The van der Waals surface area contributed by atoms with Gasteiger partial charge >= 0.3 is 6.03 Å². The number of carbonyl (C=O) groups is 1. The summed E-state index contributed by atoms with van der Waals surface area (Å²) in [6, 6.07) is 10.4. The van der Waals surface area contributed by atoms with Crippen LogP contribution in [0.4, 0.5) is 4.79 Å². The Kier molecular flexibility index (Phi) is 6.05. The standard InChI is InChI=1S/C19H30N2O2/c1-4-19(14-22)10-12-21(13-11-19)18(23)20-16(3)15(2)17-8-6-5-7-9-17/h5-9,15-16,22H,4,10-14H2,1-3H3,(H,20,23). The lowest BCUT2D eigenvalue weighted by Crippen LogP contribution is -2.50. The summed E-state index contributed by atoms with van der Waals surface area (Å²) in [5, 5.41) is 12.7. The summed E-state index contributed by atoms with van der Waals surface area (Å²) in [7, 11) is 0. The molecular formula is C19H30N2O2. The molecule has 2 unspecified atom stereocenters. The van der Waals surface area contributed by atoms with E-state index < -0.39 is 0 Å². The van der Waals surface area contributed by atoms with Crippen LogP contribution in [-0.2, 0) is 0 Å². The Labute approximate surface area is 139 Å². The molecule has 2 atom stereocenters. The summed E-state index contributed by atoms with van der Waals surface area (Å²) in [5.74, 6) is 0.275. The number of hydrogen-bond acceptors (Lipinski definition) is 2.